The van der Waals surface area contributed by atoms with Crippen molar-refractivity contribution < 1.29 is 31.1 Å². The minimum atomic E-state index is -4.73. The number of imidazole rings is 1. The first-order valence-electron chi connectivity index (χ1n) is 5.29. The Labute approximate surface area is 112 Å². The van der Waals surface area contributed by atoms with Gasteiger partial charge < -0.3 is 9.72 Å². The molecule has 1 rings (SSSR count). The van der Waals surface area contributed by atoms with Crippen molar-refractivity contribution in [2.45, 2.75) is 17.6 Å². The fourth-order valence-electron chi connectivity index (χ4n) is 1.33. The van der Waals surface area contributed by atoms with E-state index in [4.69, 9.17) is 0 Å². The molecule has 0 unspecified atom stereocenters. The van der Waals surface area contributed by atoms with Gasteiger partial charge in [0.1, 0.15) is 6.54 Å². The van der Waals surface area contributed by atoms with E-state index in [1.165, 1.54) is 0 Å². The van der Waals surface area contributed by atoms with Crippen molar-refractivity contribution in [2.75, 3.05) is 20.2 Å². The Kier molecular flexibility index (Phi) is 5.11. The number of esters is 1. The molecule has 0 aliphatic carbocycles. The van der Waals surface area contributed by atoms with Crippen LogP contribution in [-0.4, -0.2) is 55.0 Å². The first kappa shape index (κ1) is 16.4. The second kappa shape index (κ2) is 6.22. The number of methoxy groups -OCH3 is 1. The van der Waals surface area contributed by atoms with Crippen molar-refractivity contribution in [2.24, 2.45) is 0 Å². The molecule has 0 bridgehead atoms. The SMILES string of the molecule is COC(=O)CCN(CC(F)(F)F)S(=O)(=O)c1cnc[nH]1. The maximum Gasteiger partial charge on any atom is 0.402 e. The molecule has 0 fully saturated rings. The predicted octanol–water partition coefficient (Wildman–Crippen LogP) is 0.526. The third-order valence-electron chi connectivity index (χ3n) is 2.24. The molecule has 114 valence electrons. The summed E-state index contributed by atoms with van der Waals surface area (Å²) in [6, 6.07) is 0. The highest BCUT2D eigenvalue weighted by atomic mass is 32.2. The number of aromatic nitrogens is 2. The smallest absolute Gasteiger partial charge is 0.402 e. The van der Waals surface area contributed by atoms with Gasteiger partial charge in [-0.3, -0.25) is 4.79 Å². The highest BCUT2D eigenvalue weighted by Gasteiger charge is 2.37. The Balaban J connectivity index is 2.95. The third-order valence-corrected chi connectivity index (χ3v) is 4.01. The maximum atomic E-state index is 12.4. The molecule has 0 atom stereocenters. The first-order valence-corrected chi connectivity index (χ1v) is 6.73. The summed E-state index contributed by atoms with van der Waals surface area (Å²) in [5.74, 6) is -0.808. The van der Waals surface area contributed by atoms with E-state index >= 15 is 0 Å². The lowest BCUT2D eigenvalue weighted by Gasteiger charge is -2.22. The van der Waals surface area contributed by atoms with Gasteiger partial charge in [-0.2, -0.15) is 17.5 Å². The maximum absolute atomic E-state index is 12.4. The van der Waals surface area contributed by atoms with Crippen LogP contribution in [0.25, 0.3) is 0 Å². The molecule has 0 aliphatic heterocycles. The quantitative estimate of drug-likeness (QED) is 0.773. The number of ether oxygens (including phenoxy) is 1. The van der Waals surface area contributed by atoms with E-state index in [0.29, 0.717) is 0 Å². The summed E-state index contributed by atoms with van der Waals surface area (Å²) >= 11 is 0. The van der Waals surface area contributed by atoms with Crippen molar-refractivity contribution >= 4 is 16.0 Å². The number of hydrogen-bond donors (Lipinski definition) is 1. The van der Waals surface area contributed by atoms with Crippen LogP contribution in [0.5, 0.6) is 0 Å². The van der Waals surface area contributed by atoms with Crippen LogP contribution >= 0.6 is 0 Å². The van der Waals surface area contributed by atoms with Crippen molar-refractivity contribution in [1.82, 2.24) is 14.3 Å². The molecule has 0 saturated carbocycles. The molecule has 0 amide bonds. The Morgan fingerprint density at radius 1 is 1.50 bits per heavy atom. The number of alkyl halides is 3. The molecule has 1 aromatic heterocycles. The lowest BCUT2D eigenvalue weighted by atomic mass is 10.4. The van der Waals surface area contributed by atoms with E-state index in [0.717, 1.165) is 19.6 Å². The van der Waals surface area contributed by atoms with Crippen LogP contribution in [0.15, 0.2) is 17.6 Å². The highest BCUT2D eigenvalue weighted by Crippen LogP contribution is 2.21. The lowest BCUT2D eigenvalue weighted by molar-refractivity contribution is -0.144. The standard InChI is InChI=1S/C9H12F3N3O4S/c1-19-8(16)2-3-15(5-9(10,11)12)20(17,18)7-4-13-6-14-7/h4,6H,2-3,5H2,1H3,(H,13,14). The van der Waals surface area contributed by atoms with Crippen molar-refractivity contribution in [3.63, 3.8) is 0 Å². The molecule has 0 aliphatic rings. The van der Waals surface area contributed by atoms with E-state index in [2.05, 4.69) is 14.7 Å². The number of carbonyl (C=O) groups is 1. The van der Waals surface area contributed by atoms with E-state index in [-0.39, 0.29) is 4.31 Å². The number of H-pyrrole nitrogens is 1. The van der Waals surface area contributed by atoms with Crippen molar-refractivity contribution in [3.8, 4) is 0 Å². The summed E-state index contributed by atoms with van der Waals surface area (Å²) < 4.78 is 65.7. The second-order valence-corrected chi connectivity index (χ2v) is 5.60. The second-order valence-electron chi connectivity index (χ2n) is 3.70. The number of halogens is 3. The topological polar surface area (TPSA) is 92.4 Å². The summed E-state index contributed by atoms with van der Waals surface area (Å²) in [5.41, 5.74) is 0. The Morgan fingerprint density at radius 3 is 2.60 bits per heavy atom. The van der Waals surface area contributed by atoms with Gasteiger partial charge in [0.25, 0.3) is 10.0 Å². The van der Waals surface area contributed by atoms with Crippen molar-refractivity contribution in [1.29, 1.82) is 0 Å². The molecule has 0 spiro atoms. The molecule has 1 aromatic rings. The van der Waals surface area contributed by atoms with Gasteiger partial charge in [-0.1, -0.05) is 0 Å². The summed E-state index contributed by atoms with van der Waals surface area (Å²) in [7, 11) is -3.35. The highest BCUT2D eigenvalue weighted by molar-refractivity contribution is 7.89. The van der Waals surface area contributed by atoms with Gasteiger partial charge in [0.05, 0.1) is 26.1 Å². The monoisotopic (exact) mass is 315 g/mol. The fourth-order valence-corrected chi connectivity index (χ4v) is 2.65. The molecule has 11 heteroatoms. The number of hydrogen-bond acceptors (Lipinski definition) is 5. The summed E-state index contributed by atoms with van der Waals surface area (Å²) in [4.78, 5) is 16.6. The molecule has 1 N–H and O–H groups in total. The van der Waals surface area contributed by atoms with Crippen LogP contribution < -0.4 is 0 Å². The van der Waals surface area contributed by atoms with Gasteiger partial charge in [-0.15, -0.1) is 0 Å². The summed E-state index contributed by atoms with van der Waals surface area (Å²) in [6.45, 7) is -2.35. The number of carbonyl (C=O) groups excluding carboxylic acids is 1. The molecule has 0 aromatic carbocycles. The van der Waals surface area contributed by atoms with Crippen LogP contribution in [0.1, 0.15) is 6.42 Å². The Morgan fingerprint density at radius 2 is 2.15 bits per heavy atom. The van der Waals surface area contributed by atoms with E-state index in [1.54, 1.807) is 0 Å². The average Bonchev–Trinajstić information content (AvgIpc) is 2.86. The molecule has 1 heterocycles. The van der Waals surface area contributed by atoms with Gasteiger partial charge in [0, 0.05) is 6.54 Å². The van der Waals surface area contributed by atoms with Crippen LogP contribution in [0.3, 0.4) is 0 Å². The van der Waals surface area contributed by atoms with Gasteiger partial charge in [-0.25, -0.2) is 13.4 Å². The molecule has 20 heavy (non-hydrogen) atoms. The van der Waals surface area contributed by atoms with Crippen LogP contribution in [0.2, 0.25) is 0 Å². The normalized spacial score (nSPS) is 12.7. The zero-order valence-corrected chi connectivity index (χ0v) is 11.2. The van der Waals surface area contributed by atoms with Gasteiger partial charge in [-0.05, 0) is 0 Å². The zero-order valence-electron chi connectivity index (χ0n) is 10.3. The summed E-state index contributed by atoms with van der Waals surface area (Å²) in [6.07, 6.45) is -3.31. The number of nitrogens with zero attached hydrogens (tertiary/aromatic N) is 2. The Hall–Kier alpha value is -1.62. The van der Waals surface area contributed by atoms with Crippen LogP contribution in [0, 0.1) is 0 Å². The molecule has 0 radical (unpaired) electrons. The van der Waals surface area contributed by atoms with E-state index in [9.17, 15) is 26.4 Å². The lowest BCUT2D eigenvalue weighted by Crippen LogP contribution is -2.40. The fraction of sp³-hybridized carbons (Fsp3) is 0.556. The van der Waals surface area contributed by atoms with E-state index < -0.39 is 46.7 Å². The first-order chi connectivity index (χ1) is 9.16. The van der Waals surface area contributed by atoms with Crippen molar-refractivity contribution in [3.05, 3.63) is 12.5 Å². The predicted molar refractivity (Wildman–Crippen MR) is 60.0 cm³/mol. The van der Waals surface area contributed by atoms with E-state index in [1.807, 2.05) is 0 Å². The minimum Gasteiger partial charge on any atom is -0.469 e. The van der Waals surface area contributed by atoms with Gasteiger partial charge in [0.15, 0.2) is 5.03 Å². The zero-order chi connectivity index (χ0) is 15.4. The number of aromatic amines is 1. The third kappa shape index (κ3) is 4.49. The largest absolute Gasteiger partial charge is 0.469 e. The number of rotatable bonds is 6. The Bertz CT molecular complexity index is 541. The average molecular weight is 315 g/mol. The van der Waals surface area contributed by atoms with Gasteiger partial charge >= 0.3 is 12.1 Å². The summed E-state index contributed by atoms with van der Waals surface area (Å²) in [5, 5.41) is -0.480. The number of sulfonamides is 1. The van der Waals surface area contributed by atoms with Gasteiger partial charge in [0.2, 0.25) is 0 Å². The molecule has 0 saturated heterocycles. The van der Waals surface area contributed by atoms with Crippen LogP contribution in [0.4, 0.5) is 13.2 Å². The molecular formula is C9H12F3N3O4S. The van der Waals surface area contributed by atoms with Crippen LogP contribution in [-0.2, 0) is 19.6 Å². The molecular weight excluding hydrogens is 303 g/mol. The minimum absolute atomic E-state index is 0.150. The molecule has 7 nitrogen and oxygen atoms in total. The number of nitrogens with one attached hydrogen (secondary N) is 1.